The molecule has 1 rings (SSSR count). The Labute approximate surface area is 81.0 Å². The molecular weight excluding hydrogens is 242 g/mol. The van der Waals surface area contributed by atoms with E-state index >= 15 is 0 Å². The van der Waals surface area contributed by atoms with Gasteiger partial charge < -0.3 is 15.8 Å². The van der Waals surface area contributed by atoms with Crippen molar-refractivity contribution in [3.05, 3.63) is 32.4 Å². The molecule has 0 atom stereocenters. The molecule has 0 aliphatic heterocycles. The van der Waals surface area contributed by atoms with Gasteiger partial charge in [-0.05, 0) is 31.9 Å². The van der Waals surface area contributed by atoms with E-state index in [0.717, 1.165) is 0 Å². The van der Waals surface area contributed by atoms with Crippen LogP contribution in [0.4, 0.5) is 5.82 Å². The van der Waals surface area contributed by atoms with Gasteiger partial charge in [-0.3, -0.25) is 4.79 Å². The largest absolute Gasteiger partial charge is 0.376 e. The van der Waals surface area contributed by atoms with E-state index in [1.54, 1.807) is 0 Å². The highest BCUT2D eigenvalue weighted by atomic mass is 79.9. The van der Waals surface area contributed by atoms with E-state index in [4.69, 9.17) is 5.73 Å². The Morgan fingerprint density at radius 2 is 2.31 bits per heavy atom. The van der Waals surface area contributed by atoms with Gasteiger partial charge in [0, 0.05) is 0 Å². The molecule has 68 valence electrons. The van der Waals surface area contributed by atoms with Crippen molar-refractivity contribution in [2.75, 3.05) is 0 Å². The van der Waals surface area contributed by atoms with Gasteiger partial charge in [-0.25, -0.2) is 0 Å². The topological polar surface area (TPSA) is 99.1 Å². The monoisotopic (exact) mass is 245 g/mol. The molecule has 6 nitrogen and oxygen atoms in total. The second kappa shape index (κ2) is 3.48. The molecule has 1 aromatic heterocycles. The number of hydrogen-bond donors (Lipinski definition) is 1. The first kappa shape index (κ1) is 9.59. The first-order chi connectivity index (χ1) is 6.02. The number of halogens is 1. The van der Waals surface area contributed by atoms with Crippen LogP contribution in [0.25, 0.3) is 0 Å². The van der Waals surface area contributed by atoms with Crippen molar-refractivity contribution in [2.45, 2.75) is 0 Å². The summed E-state index contributed by atoms with van der Waals surface area (Å²) in [4.78, 5) is 23.8. The number of primary amides is 1. The molecule has 0 radical (unpaired) electrons. The van der Waals surface area contributed by atoms with E-state index < -0.39 is 16.6 Å². The summed E-state index contributed by atoms with van der Waals surface area (Å²) in [7, 11) is 0. The fourth-order valence-corrected chi connectivity index (χ4v) is 1.09. The van der Waals surface area contributed by atoms with E-state index in [-0.39, 0.29) is 5.56 Å². The van der Waals surface area contributed by atoms with Crippen molar-refractivity contribution in [3.8, 4) is 0 Å². The highest BCUT2D eigenvalue weighted by molar-refractivity contribution is 9.10. The van der Waals surface area contributed by atoms with Crippen molar-refractivity contribution < 1.29 is 9.72 Å². The number of aromatic nitrogens is 1. The smallest absolute Gasteiger partial charge is 0.365 e. The lowest BCUT2D eigenvalue weighted by Gasteiger charge is -1.97. The fourth-order valence-electron chi connectivity index (χ4n) is 0.759. The van der Waals surface area contributed by atoms with Crippen molar-refractivity contribution in [1.29, 1.82) is 0 Å². The van der Waals surface area contributed by atoms with E-state index in [0.29, 0.717) is 4.47 Å². The zero-order chi connectivity index (χ0) is 10.0. The molecule has 0 aliphatic carbocycles. The molecular formula is C6H4BrN3O3. The summed E-state index contributed by atoms with van der Waals surface area (Å²) in [6, 6.07) is 1.26. The number of rotatable bonds is 2. The minimum Gasteiger partial charge on any atom is -0.365 e. The van der Waals surface area contributed by atoms with Crippen LogP contribution >= 0.6 is 15.9 Å². The number of hydrogen-bond acceptors (Lipinski definition) is 4. The first-order valence-corrected chi connectivity index (χ1v) is 3.91. The number of nitro groups is 1. The number of nitrogens with two attached hydrogens (primary N) is 1. The molecule has 1 heterocycles. The highest BCUT2D eigenvalue weighted by Gasteiger charge is 2.19. The maximum atomic E-state index is 10.7. The van der Waals surface area contributed by atoms with Gasteiger partial charge >= 0.3 is 5.82 Å². The summed E-state index contributed by atoms with van der Waals surface area (Å²) in [5.41, 5.74) is 4.71. The summed E-state index contributed by atoms with van der Waals surface area (Å²) in [5, 5.41) is 10.4. The Kier molecular flexibility index (Phi) is 2.57. The SMILES string of the molecule is NC(=O)c1cc(Br)cnc1[N+](=O)[O-]. The molecule has 0 saturated carbocycles. The highest BCUT2D eigenvalue weighted by Crippen LogP contribution is 2.18. The molecule has 2 N–H and O–H groups in total. The van der Waals surface area contributed by atoms with Gasteiger partial charge in [-0.1, -0.05) is 0 Å². The van der Waals surface area contributed by atoms with Gasteiger partial charge in [0.25, 0.3) is 5.91 Å². The molecule has 0 aliphatic rings. The third kappa shape index (κ3) is 2.00. The van der Waals surface area contributed by atoms with Crippen molar-refractivity contribution in [1.82, 2.24) is 4.98 Å². The second-order valence-electron chi connectivity index (χ2n) is 2.15. The summed E-state index contributed by atoms with van der Waals surface area (Å²) in [6.07, 6.45) is 1.23. The summed E-state index contributed by atoms with van der Waals surface area (Å²) < 4.78 is 0.465. The second-order valence-corrected chi connectivity index (χ2v) is 3.06. The third-order valence-electron chi connectivity index (χ3n) is 1.27. The van der Waals surface area contributed by atoms with E-state index in [9.17, 15) is 14.9 Å². The lowest BCUT2D eigenvalue weighted by molar-refractivity contribution is -0.389. The van der Waals surface area contributed by atoms with Crippen LogP contribution in [-0.4, -0.2) is 15.8 Å². The van der Waals surface area contributed by atoms with E-state index in [2.05, 4.69) is 20.9 Å². The van der Waals surface area contributed by atoms with Crippen LogP contribution in [0, 0.1) is 10.1 Å². The molecule has 1 aromatic rings. The van der Waals surface area contributed by atoms with Gasteiger partial charge in [0.05, 0.1) is 4.47 Å². The molecule has 0 fully saturated rings. The molecule has 13 heavy (non-hydrogen) atoms. The molecule has 0 aromatic carbocycles. The number of carbonyl (C=O) groups excluding carboxylic acids is 1. The van der Waals surface area contributed by atoms with Gasteiger partial charge in [0.1, 0.15) is 5.56 Å². The van der Waals surface area contributed by atoms with Gasteiger partial charge in [0.15, 0.2) is 6.20 Å². The maximum absolute atomic E-state index is 10.7. The summed E-state index contributed by atoms with van der Waals surface area (Å²) in [6.45, 7) is 0. The molecule has 0 spiro atoms. The summed E-state index contributed by atoms with van der Waals surface area (Å²) >= 11 is 3.02. The van der Waals surface area contributed by atoms with Crippen LogP contribution in [0.5, 0.6) is 0 Å². The van der Waals surface area contributed by atoms with Crippen LogP contribution in [-0.2, 0) is 0 Å². The predicted molar refractivity (Wildman–Crippen MR) is 47.1 cm³/mol. The van der Waals surface area contributed by atoms with Crippen molar-refractivity contribution >= 4 is 27.7 Å². The van der Waals surface area contributed by atoms with Crippen LogP contribution < -0.4 is 5.73 Å². The predicted octanol–water partition coefficient (Wildman–Crippen LogP) is 0.851. The molecule has 0 bridgehead atoms. The van der Waals surface area contributed by atoms with Gasteiger partial charge in [-0.15, -0.1) is 0 Å². The Hall–Kier alpha value is -1.50. The standard InChI is InChI=1S/C6H4BrN3O3/c7-3-1-4(5(8)11)6(9-2-3)10(12)13/h1-2H,(H2,8,11). The van der Waals surface area contributed by atoms with Crippen LogP contribution in [0.1, 0.15) is 10.4 Å². The van der Waals surface area contributed by atoms with Crippen molar-refractivity contribution in [3.63, 3.8) is 0 Å². The molecule has 0 unspecified atom stereocenters. The Balaban J connectivity index is 3.35. The Morgan fingerprint density at radius 1 is 1.69 bits per heavy atom. The fraction of sp³-hybridized carbons (Fsp3) is 0. The third-order valence-corrected chi connectivity index (χ3v) is 1.71. The number of nitrogens with zero attached hydrogens (tertiary/aromatic N) is 2. The lowest BCUT2D eigenvalue weighted by Crippen LogP contribution is -2.14. The van der Waals surface area contributed by atoms with Crippen LogP contribution in [0.15, 0.2) is 16.7 Å². The molecule has 7 heteroatoms. The van der Waals surface area contributed by atoms with Crippen LogP contribution in [0.2, 0.25) is 0 Å². The normalized spacial score (nSPS) is 9.62. The number of pyridine rings is 1. The van der Waals surface area contributed by atoms with E-state index in [1.165, 1.54) is 12.3 Å². The Morgan fingerprint density at radius 3 is 2.77 bits per heavy atom. The molecule has 1 amide bonds. The Bertz CT molecular complexity index is 379. The van der Waals surface area contributed by atoms with E-state index in [1.807, 2.05) is 0 Å². The average molecular weight is 246 g/mol. The van der Waals surface area contributed by atoms with Gasteiger partial charge in [-0.2, -0.15) is 0 Å². The lowest BCUT2D eigenvalue weighted by atomic mass is 10.2. The number of amides is 1. The zero-order valence-corrected chi connectivity index (χ0v) is 7.82. The maximum Gasteiger partial charge on any atom is 0.376 e. The minimum atomic E-state index is -0.875. The summed E-state index contributed by atoms with van der Waals surface area (Å²) in [5.74, 6) is -1.41. The minimum absolute atomic E-state index is 0.209. The van der Waals surface area contributed by atoms with Crippen molar-refractivity contribution in [2.24, 2.45) is 5.73 Å². The molecule has 0 saturated heterocycles. The average Bonchev–Trinajstić information content (AvgIpc) is 2.03. The number of carbonyl (C=O) groups is 1. The van der Waals surface area contributed by atoms with Gasteiger partial charge in [0.2, 0.25) is 0 Å². The zero-order valence-electron chi connectivity index (χ0n) is 6.23. The van der Waals surface area contributed by atoms with Crippen LogP contribution in [0.3, 0.4) is 0 Å². The quantitative estimate of drug-likeness (QED) is 0.617. The first-order valence-electron chi connectivity index (χ1n) is 3.12.